The third-order valence-corrected chi connectivity index (χ3v) is 9.62. The molecule has 4 rings (SSSR count). The zero-order valence-electron chi connectivity index (χ0n) is 18.8. The number of aryl methyl sites for hydroxylation is 1. The third-order valence-electron chi connectivity index (χ3n) is 6.76. The van der Waals surface area contributed by atoms with E-state index in [2.05, 4.69) is 0 Å². The molecule has 7 nitrogen and oxygen atoms in total. The average molecular weight is 477 g/mol. The van der Waals surface area contributed by atoms with Crippen molar-refractivity contribution in [1.82, 2.24) is 0 Å². The summed E-state index contributed by atoms with van der Waals surface area (Å²) in [5, 5.41) is 40.1. The van der Waals surface area contributed by atoms with E-state index in [9.17, 15) is 25.0 Å². The summed E-state index contributed by atoms with van der Waals surface area (Å²) < 4.78 is 24.1. The van der Waals surface area contributed by atoms with Gasteiger partial charge in [-0.05, 0) is 60.6 Å². The van der Waals surface area contributed by atoms with Crippen molar-refractivity contribution in [3.8, 4) is 5.75 Å². The van der Waals surface area contributed by atoms with E-state index >= 15 is 0 Å². The quantitative estimate of drug-likeness (QED) is 0.454. The summed E-state index contributed by atoms with van der Waals surface area (Å²) in [5.74, 6) is 0.715. The van der Waals surface area contributed by atoms with Crippen molar-refractivity contribution in [2.75, 3.05) is 25.3 Å². The Morgan fingerprint density at radius 1 is 1.00 bits per heavy atom. The Balaban J connectivity index is 1.45. The first kappa shape index (κ1) is 24.4. The zero-order valence-corrected chi connectivity index (χ0v) is 19.7. The topological polar surface area (TPSA) is 116 Å². The minimum absolute atomic E-state index is 0.312. The van der Waals surface area contributed by atoms with Crippen molar-refractivity contribution in [3.05, 3.63) is 64.7 Å². The van der Waals surface area contributed by atoms with Crippen molar-refractivity contribution < 1.29 is 34.5 Å². The maximum atomic E-state index is 12.6. The highest BCUT2D eigenvalue weighted by atomic mass is 31.2. The summed E-state index contributed by atoms with van der Waals surface area (Å²) >= 11 is 0. The lowest BCUT2D eigenvalue weighted by molar-refractivity contribution is -0.231. The number of ether oxygens (including phenoxy) is 2. The van der Waals surface area contributed by atoms with Gasteiger partial charge < -0.3 is 34.5 Å². The van der Waals surface area contributed by atoms with Crippen LogP contribution in [0.15, 0.2) is 42.5 Å². The molecule has 8 heteroatoms. The first-order valence-corrected chi connectivity index (χ1v) is 13.7. The summed E-state index contributed by atoms with van der Waals surface area (Å²) in [6.07, 6.45) is -1.28. The molecule has 2 aromatic carbocycles. The van der Waals surface area contributed by atoms with Crippen molar-refractivity contribution in [3.63, 3.8) is 0 Å². The molecule has 180 valence electrons. The Kier molecular flexibility index (Phi) is 7.59. The predicted octanol–water partition coefficient (Wildman–Crippen LogP) is 2.59. The molecule has 0 spiro atoms. The van der Waals surface area contributed by atoms with Crippen LogP contribution < -0.4 is 4.74 Å². The molecule has 2 aliphatic rings. The van der Waals surface area contributed by atoms with Gasteiger partial charge >= 0.3 is 0 Å². The summed E-state index contributed by atoms with van der Waals surface area (Å²) in [7, 11) is -2.15. The standard InChI is InChI=1S/C25H33O7P/c1-16-4-7-18(25-24(29)23(28)22(27)21(14-26)32-25)13-19(16)12-17-5-8-20(9-6-17)31-15-33(30)10-2-3-11-33/h4-9,13,21-29H,2-3,10-12,14-15H2,1H3/t21-,22-,23?,24-,25+/m1/s1. The molecular weight excluding hydrogens is 443 g/mol. The SMILES string of the molecule is Cc1ccc([C@@H]2O[C@H](CO)[C@@H](O)C(O)[C@H]2O)cc1Cc1ccc(OCP2(=O)CCCC2)cc1. The third kappa shape index (κ3) is 5.51. The zero-order chi connectivity index (χ0) is 23.6. The molecule has 0 bridgehead atoms. The molecule has 0 saturated carbocycles. The Labute approximate surface area is 194 Å². The lowest BCUT2D eigenvalue weighted by Crippen LogP contribution is -2.55. The van der Waals surface area contributed by atoms with Crippen LogP contribution in [0.2, 0.25) is 0 Å². The van der Waals surface area contributed by atoms with Crippen LogP contribution in [0.25, 0.3) is 0 Å². The molecule has 4 N–H and O–H groups in total. The van der Waals surface area contributed by atoms with Crippen LogP contribution >= 0.6 is 7.14 Å². The number of hydrogen-bond acceptors (Lipinski definition) is 7. The number of hydrogen-bond donors (Lipinski definition) is 4. The van der Waals surface area contributed by atoms with Crippen LogP contribution in [0.4, 0.5) is 0 Å². The molecule has 2 aromatic rings. The predicted molar refractivity (Wildman–Crippen MR) is 125 cm³/mol. The number of benzene rings is 2. The number of rotatable bonds is 7. The molecule has 2 heterocycles. The molecular formula is C25H33O7P. The fraction of sp³-hybridized carbons (Fsp3) is 0.520. The summed E-state index contributed by atoms with van der Waals surface area (Å²) in [6.45, 7) is 1.55. The summed E-state index contributed by atoms with van der Waals surface area (Å²) in [5.41, 5.74) is 3.86. The van der Waals surface area contributed by atoms with Crippen LogP contribution in [0.3, 0.4) is 0 Å². The number of aliphatic hydroxyl groups excluding tert-OH is 4. The van der Waals surface area contributed by atoms with Gasteiger partial charge in [-0.25, -0.2) is 0 Å². The van der Waals surface area contributed by atoms with Gasteiger partial charge in [0, 0.05) is 12.3 Å². The van der Waals surface area contributed by atoms with Crippen LogP contribution in [-0.4, -0.2) is 70.1 Å². The van der Waals surface area contributed by atoms with E-state index in [0.717, 1.165) is 41.9 Å². The maximum absolute atomic E-state index is 12.6. The minimum Gasteiger partial charge on any atom is -0.486 e. The van der Waals surface area contributed by atoms with E-state index < -0.39 is 44.3 Å². The van der Waals surface area contributed by atoms with Gasteiger partial charge in [-0.1, -0.05) is 30.3 Å². The molecule has 0 amide bonds. The lowest BCUT2D eigenvalue weighted by Gasteiger charge is -2.40. The van der Waals surface area contributed by atoms with E-state index in [1.165, 1.54) is 0 Å². The molecule has 1 unspecified atom stereocenters. The Hall–Kier alpha value is -1.73. The number of aliphatic hydroxyl groups is 4. The highest BCUT2D eigenvalue weighted by molar-refractivity contribution is 7.64. The molecule has 33 heavy (non-hydrogen) atoms. The molecule has 0 aliphatic carbocycles. The van der Waals surface area contributed by atoms with Crippen LogP contribution in [-0.2, 0) is 15.7 Å². The Morgan fingerprint density at radius 2 is 1.70 bits per heavy atom. The van der Waals surface area contributed by atoms with E-state index in [1.807, 2.05) is 49.4 Å². The summed E-state index contributed by atoms with van der Waals surface area (Å²) in [4.78, 5) is 0. The van der Waals surface area contributed by atoms with Gasteiger partial charge in [-0.15, -0.1) is 0 Å². The van der Waals surface area contributed by atoms with Gasteiger partial charge in [0.1, 0.15) is 49.8 Å². The van der Waals surface area contributed by atoms with Gasteiger partial charge in [0.05, 0.1) is 6.61 Å². The van der Waals surface area contributed by atoms with E-state index in [1.54, 1.807) is 0 Å². The van der Waals surface area contributed by atoms with Crippen LogP contribution in [0.1, 0.15) is 41.2 Å². The minimum atomic E-state index is -2.15. The Bertz CT molecular complexity index is 981. The smallest absolute Gasteiger partial charge is 0.141 e. The second-order valence-electron chi connectivity index (χ2n) is 9.24. The average Bonchev–Trinajstić information content (AvgIpc) is 3.25. The maximum Gasteiger partial charge on any atom is 0.141 e. The highest BCUT2D eigenvalue weighted by Gasteiger charge is 2.44. The molecule has 0 aromatic heterocycles. The summed E-state index contributed by atoms with van der Waals surface area (Å²) in [6, 6.07) is 13.5. The second kappa shape index (κ2) is 10.3. The van der Waals surface area contributed by atoms with Crippen LogP contribution in [0.5, 0.6) is 5.75 Å². The fourth-order valence-electron chi connectivity index (χ4n) is 4.59. The van der Waals surface area contributed by atoms with Gasteiger partial charge in [0.15, 0.2) is 0 Å². The van der Waals surface area contributed by atoms with Crippen molar-refractivity contribution in [1.29, 1.82) is 0 Å². The largest absolute Gasteiger partial charge is 0.486 e. The molecule has 0 radical (unpaired) electrons. The van der Waals surface area contributed by atoms with E-state index in [4.69, 9.17) is 9.47 Å². The molecule has 2 aliphatic heterocycles. The van der Waals surface area contributed by atoms with E-state index in [0.29, 0.717) is 24.1 Å². The van der Waals surface area contributed by atoms with Gasteiger partial charge in [-0.3, -0.25) is 0 Å². The van der Waals surface area contributed by atoms with Crippen molar-refractivity contribution in [2.45, 2.75) is 56.7 Å². The van der Waals surface area contributed by atoms with Gasteiger partial charge in [0.25, 0.3) is 0 Å². The second-order valence-corrected chi connectivity index (χ2v) is 12.5. The lowest BCUT2D eigenvalue weighted by atomic mass is 9.89. The molecule has 5 atom stereocenters. The Morgan fingerprint density at radius 3 is 2.36 bits per heavy atom. The fourth-order valence-corrected chi connectivity index (χ4v) is 7.06. The first-order valence-electron chi connectivity index (χ1n) is 11.5. The van der Waals surface area contributed by atoms with Gasteiger partial charge in [-0.2, -0.15) is 0 Å². The monoisotopic (exact) mass is 476 g/mol. The molecule has 2 saturated heterocycles. The van der Waals surface area contributed by atoms with Crippen molar-refractivity contribution >= 4 is 7.14 Å². The normalized spacial score (nSPS) is 29.2. The van der Waals surface area contributed by atoms with Crippen LogP contribution in [0, 0.1) is 6.92 Å². The highest BCUT2D eigenvalue weighted by Crippen LogP contribution is 2.51. The molecule has 2 fully saturated rings. The van der Waals surface area contributed by atoms with Gasteiger partial charge in [0.2, 0.25) is 0 Å². The van der Waals surface area contributed by atoms with E-state index in [-0.39, 0.29) is 0 Å². The first-order chi connectivity index (χ1) is 15.8. The van der Waals surface area contributed by atoms with Crippen molar-refractivity contribution in [2.24, 2.45) is 0 Å².